The first-order chi connectivity index (χ1) is 9.63. The summed E-state index contributed by atoms with van der Waals surface area (Å²) in [5.41, 5.74) is 8.33. The van der Waals surface area contributed by atoms with Crippen LogP contribution in [-0.2, 0) is 6.54 Å². The Morgan fingerprint density at radius 1 is 1.30 bits per heavy atom. The molecule has 108 valence electrons. The van der Waals surface area contributed by atoms with Crippen molar-refractivity contribution >= 4 is 0 Å². The van der Waals surface area contributed by atoms with Crippen LogP contribution in [0.5, 0.6) is 0 Å². The number of imidazole rings is 1. The van der Waals surface area contributed by atoms with Crippen LogP contribution in [0.2, 0.25) is 0 Å². The SMILES string of the molecule is CC(C)n1cncc1C(CN)N(C)Cc1cccnc1. The molecule has 0 saturated carbocycles. The van der Waals surface area contributed by atoms with E-state index in [2.05, 4.69) is 46.4 Å². The molecule has 0 fully saturated rings. The Hall–Kier alpha value is -1.72. The van der Waals surface area contributed by atoms with Crippen LogP contribution < -0.4 is 5.73 Å². The van der Waals surface area contributed by atoms with Gasteiger partial charge in [-0.3, -0.25) is 9.88 Å². The topological polar surface area (TPSA) is 60.0 Å². The lowest BCUT2D eigenvalue weighted by atomic mass is 10.1. The molecule has 0 aliphatic carbocycles. The first-order valence-electron chi connectivity index (χ1n) is 6.94. The Morgan fingerprint density at radius 2 is 2.10 bits per heavy atom. The van der Waals surface area contributed by atoms with Crippen LogP contribution in [0.3, 0.4) is 0 Å². The molecular formula is C15H23N5. The second-order valence-electron chi connectivity index (χ2n) is 5.35. The molecule has 0 saturated heterocycles. The number of hydrogen-bond acceptors (Lipinski definition) is 4. The summed E-state index contributed by atoms with van der Waals surface area (Å²) in [6.45, 7) is 5.69. The zero-order chi connectivity index (χ0) is 14.5. The van der Waals surface area contributed by atoms with Crippen molar-refractivity contribution in [2.75, 3.05) is 13.6 Å². The lowest BCUT2D eigenvalue weighted by molar-refractivity contribution is 0.230. The summed E-state index contributed by atoms with van der Waals surface area (Å²) in [7, 11) is 2.09. The summed E-state index contributed by atoms with van der Waals surface area (Å²) < 4.78 is 2.18. The van der Waals surface area contributed by atoms with Crippen LogP contribution in [-0.4, -0.2) is 33.0 Å². The average Bonchev–Trinajstić information content (AvgIpc) is 2.90. The highest BCUT2D eigenvalue weighted by Crippen LogP contribution is 2.22. The van der Waals surface area contributed by atoms with Crippen molar-refractivity contribution in [1.29, 1.82) is 0 Å². The van der Waals surface area contributed by atoms with E-state index in [-0.39, 0.29) is 6.04 Å². The van der Waals surface area contributed by atoms with E-state index in [0.29, 0.717) is 12.6 Å². The number of aromatic nitrogens is 3. The molecule has 0 radical (unpaired) electrons. The molecule has 2 aromatic heterocycles. The van der Waals surface area contributed by atoms with Gasteiger partial charge in [-0.25, -0.2) is 4.98 Å². The molecule has 20 heavy (non-hydrogen) atoms. The van der Waals surface area contributed by atoms with Crippen LogP contribution in [0.1, 0.15) is 37.2 Å². The summed E-state index contributed by atoms with van der Waals surface area (Å²) in [4.78, 5) is 10.7. The molecule has 5 heteroatoms. The zero-order valence-corrected chi connectivity index (χ0v) is 12.4. The van der Waals surface area contributed by atoms with Gasteiger partial charge in [0.25, 0.3) is 0 Å². The molecular weight excluding hydrogens is 250 g/mol. The van der Waals surface area contributed by atoms with Gasteiger partial charge in [0, 0.05) is 37.7 Å². The minimum Gasteiger partial charge on any atom is -0.331 e. The first kappa shape index (κ1) is 14.7. The van der Waals surface area contributed by atoms with Gasteiger partial charge in [-0.15, -0.1) is 0 Å². The first-order valence-corrected chi connectivity index (χ1v) is 6.94. The highest BCUT2D eigenvalue weighted by Gasteiger charge is 2.20. The van der Waals surface area contributed by atoms with Gasteiger partial charge in [0.2, 0.25) is 0 Å². The van der Waals surface area contributed by atoms with E-state index in [0.717, 1.165) is 12.2 Å². The van der Waals surface area contributed by atoms with Gasteiger partial charge in [0.1, 0.15) is 0 Å². The quantitative estimate of drug-likeness (QED) is 0.874. The van der Waals surface area contributed by atoms with E-state index in [1.54, 1.807) is 6.20 Å². The fourth-order valence-corrected chi connectivity index (χ4v) is 2.42. The maximum Gasteiger partial charge on any atom is 0.0951 e. The van der Waals surface area contributed by atoms with Crippen molar-refractivity contribution in [1.82, 2.24) is 19.4 Å². The average molecular weight is 273 g/mol. The van der Waals surface area contributed by atoms with Crippen molar-refractivity contribution < 1.29 is 0 Å². The maximum atomic E-state index is 5.99. The molecule has 1 unspecified atom stereocenters. The van der Waals surface area contributed by atoms with Gasteiger partial charge < -0.3 is 10.3 Å². The molecule has 2 N–H and O–H groups in total. The summed E-state index contributed by atoms with van der Waals surface area (Å²) in [6.07, 6.45) is 7.47. The second-order valence-corrected chi connectivity index (χ2v) is 5.35. The molecule has 2 rings (SSSR count). The molecule has 1 atom stereocenters. The summed E-state index contributed by atoms with van der Waals surface area (Å²) >= 11 is 0. The minimum atomic E-state index is 0.153. The van der Waals surface area contributed by atoms with E-state index in [9.17, 15) is 0 Å². The predicted octanol–water partition coefficient (Wildman–Crippen LogP) is 1.99. The van der Waals surface area contributed by atoms with Gasteiger partial charge in [-0.05, 0) is 32.5 Å². The summed E-state index contributed by atoms with van der Waals surface area (Å²) in [6, 6.07) is 4.57. The monoisotopic (exact) mass is 273 g/mol. The van der Waals surface area contributed by atoms with Gasteiger partial charge in [-0.1, -0.05) is 6.07 Å². The zero-order valence-electron chi connectivity index (χ0n) is 12.4. The highest BCUT2D eigenvalue weighted by molar-refractivity contribution is 5.11. The Morgan fingerprint density at radius 3 is 2.70 bits per heavy atom. The van der Waals surface area contributed by atoms with Crippen molar-refractivity contribution in [3.63, 3.8) is 0 Å². The molecule has 0 aliphatic heterocycles. The van der Waals surface area contributed by atoms with E-state index in [4.69, 9.17) is 5.73 Å². The molecule has 2 heterocycles. The lowest BCUT2D eigenvalue weighted by Crippen LogP contribution is -2.32. The van der Waals surface area contributed by atoms with Crippen molar-refractivity contribution in [3.05, 3.63) is 48.3 Å². The fourth-order valence-electron chi connectivity index (χ4n) is 2.42. The Balaban J connectivity index is 2.17. The van der Waals surface area contributed by atoms with Crippen molar-refractivity contribution in [2.24, 2.45) is 5.73 Å². The molecule has 0 spiro atoms. The molecule has 2 aromatic rings. The van der Waals surface area contributed by atoms with Crippen LogP contribution in [0, 0.1) is 0 Å². The van der Waals surface area contributed by atoms with Crippen LogP contribution in [0.25, 0.3) is 0 Å². The van der Waals surface area contributed by atoms with Crippen LogP contribution >= 0.6 is 0 Å². The highest BCUT2D eigenvalue weighted by atomic mass is 15.2. The van der Waals surface area contributed by atoms with Crippen LogP contribution in [0.15, 0.2) is 37.1 Å². The third-order valence-electron chi connectivity index (χ3n) is 3.50. The normalized spacial score (nSPS) is 13.1. The van der Waals surface area contributed by atoms with E-state index < -0.39 is 0 Å². The number of likely N-dealkylation sites (N-methyl/N-ethyl adjacent to an activating group) is 1. The third kappa shape index (κ3) is 3.23. The number of pyridine rings is 1. The van der Waals surface area contributed by atoms with E-state index in [1.165, 1.54) is 5.56 Å². The second kappa shape index (κ2) is 6.63. The molecule has 0 aliphatic rings. The Kier molecular flexibility index (Phi) is 4.87. The standard InChI is InChI=1S/C15H23N5/c1-12(2)20-11-18-9-15(20)14(7-16)19(3)10-13-5-4-6-17-8-13/h4-6,8-9,11-12,14H,7,10,16H2,1-3H3. The minimum absolute atomic E-state index is 0.153. The van der Waals surface area contributed by atoms with E-state index >= 15 is 0 Å². The molecule has 0 amide bonds. The smallest absolute Gasteiger partial charge is 0.0951 e. The van der Waals surface area contributed by atoms with Gasteiger partial charge in [0.15, 0.2) is 0 Å². The molecule has 0 aromatic carbocycles. The summed E-state index contributed by atoms with van der Waals surface area (Å²) in [5, 5.41) is 0. The largest absolute Gasteiger partial charge is 0.331 e. The fraction of sp³-hybridized carbons (Fsp3) is 0.467. The maximum absolute atomic E-state index is 5.99. The Labute approximate surface area is 120 Å². The van der Waals surface area contributed by atoms with Crippen LogP contribution in [0.4, 0.5) is 0 Å². The molecule has 0 bridgehead atoms. The molecule has 5 nitrogen and oxygen atoms in total. The third-order valence-corrected chi connectivity index (χ3v) is 3.50. The van der Waals surface area contributed by atoms with Crippen molar-refractivity contribution in [2.45, 2.75) is 32.5 Å². The van der Waals surface area contributed by atoms with Crippen molar-refractivity contribution in [3.8, 4) is 0 Å². The van der Waals surface area contributed by atoms with Gasteiger partial charge in [-0.2, -0.15) is 0 Å². The number of nitrogens with two attached hydrogens (primary N) is 1. The lowest BCUT2D eigenvalue weighted by Gasteiger charge is -2.28. The van der Waals surface area contributed by atoms with E-state index in [1.807, 2.05) is 24.8 Å². The number of hydrogen-bond donors (Lipinski definition) is 1. The number of nitrogens with zero attached hydrogens (tertiary/aromatic N) is 4. The Bertz CT molecular complexity index is 520. The number of rotatable bonds is 6. The predicted molar refractivity (Wildman–Crippen MR) is 80.1 cm³/mol. The van der Waals surface area contributed by atoms with Gasteiger partial charge in [0.05, 0.1) is 18.1 Å². The van der Waals surface area contributed by atoms with Gasteiger partial charge >= 0.3 is 0 Å². The summed E-state index contributed by atoms with van der Waals surface area (Å²) in [5.74, 6) is 0.